The topological polar surface area (TPSA) is 31.6 Å². The van der Waals surface area contributed by atoms with Crippen LogP contribution in [0.3, 0.4) is 0 Å². The molecule has 52 heavy (non-hydrogen) atoms. The van der Waals surface area contributed by atoms with Gasteiger partial charge >= 0.3 is 0 Å². The Bertz CT molecular complexity index is 3830. The second kappa shape index (κ2) is 11.4. The molecule has 8 aromatic carbocycles. The van der Waals surface area contributed by atoms with Gasteiger partial charge in [0.15, 0.2) is 0 Å². The molecule has 244 valence electrons. The van der Waals surface area contributed by atoms with E-state index in [1.807, 2.05) is 0 Å². The van der Waals surface area contributed by atoms with Crippen molar-refractivity contribution in [1.82, 2.24) is 9.97 Å². The van der Waals surface area contributed by atoms with Gasteiger partial charge in [0.2, 0.25) is 0 Å². The van der Waals surface area contributed by atoms with Gasteiger partial charge in [-0.3, -0.25) is 0 Å². The Morgan fingerprint density at radius 3 is 2.06 bits per heavy atom. The van der Waals surface area contributed by atoms with E-state index < -0.39 is 72.5 Å². The lowest BCUT2D eigenvalue weighted by atomic mass is 9.97. The summed E-state index contributed by atoms with van der Waals surface area (Å²) in [7, 11) is 0. The molecule has 0 spiro atoms. The van der Waals surface area contributed by atoms with Gasteiger partial charge in [0.1, 0.15) is 0 Å². The number of para-hydroxylation sites is 2. The first kappa shape index (κ1) is 18.6. The average Bonchev–Trinajstić information content (AvgIpc) is 4.12. The van der Waals surface area contributed by atoms with E-state index in [2.05, 4.69) is 94.9 Å². The molecule has 2 aliphatic carbocycles. The van der Waals surface area contributed by atoms with Crippen molar-refractivity contribution < 1.29 is 19.2 Å². The first-order chi connectivity index (χ1) is 31.6. The van der Waals surface area contributed by atoms with Crippen LogP contribution in [-0.2, 0) is 12.8 Å². The average molecular weight is 677 g/mol. The van der Waals surface area contributed by atoms with Crippen molar-refractivity contribution in [1.29, 1.82) is 0 Å². The van der Waals surface area contributed by atoms with Crippen molar-refractivity contribution in [3.63, 3.8) is 0 Å². The van der Waals surface area contributed by atoms with Gasteiger partial charge in [-0.15, -0.1) is 0 Å². The largest absolute Gasteiger partial charge is 0.355 e. The fourth-order valence-corrected chi connectivity index (χ4v) is 7.63. The molecule has 12 rings (SSSR count). The minimum Gasteiger partial charge on any atom is -0.355 e. The summed E-state index contributed by atoms with van der Waals surface area (Å²) in [5, 5.41) is 2.41. The van der Waals surface area contributed by atoms with Gasteiger partial charge in [0, 0.05) is 43.6 Å². The molecule has 2 heteroatoms. The van der Waals surface area contributed by atoms with Crippen molar-refractivity contribution in [2.45, 2.75) is 12.8 Å². The van der Waals surface area contributed by atoms with Crippen molar-refractivity contribution in [3.05, 3.63) is 192 Å². The highest BCUT2D eigenvalue weighted by Crippen LogP contribution is 2.41. The third-order valence-corrected chi connectivity index (χ3v) is 10.1. The van der Waals surface area contributed by atoms with Gasteiger partial charge in [0.25, 0.3) is 0 Å². The van der Waals surface area contributed by atoms with E-state index in [-0.39, 0.29) is 73.7 Å². The van der Waals surface area contributed by atoms with Crippen molar-refractivity contribution in [2.24, 2.45) is 0 Å². The number of hydrogen-bond donors (Lipinski definition) is 2. The van der Waals surface area contributed by atoms with Gasteiger partial charge in [-0.25, -0.2) is 0 Å². The minimum absolute atomic E-state index is 0.00396. The first-order valence-corrected chi connectivity index (χ1v) is 17.0. The summed E-state index contributed by atoms with van der Waals surface area (Å²) >= 11 is 0. The Morgan fingerprint density at radius 2 is 1.06 bits per heavy atom. The van der Waals surface area contributed by atoms with Crippen LogP contribution in [0.5, 0.6) is 0 Å². The molecule has 0 bridgehead atoms. The Kier molecular flexibility index (Phi) is 4.08. The van der Waals surface area contributed by atoms with Crippen LogP contribution >= 0.6 is 0 Å². The summed E-state index contributed by atoms with van der Waals surface area (Å²) in [4.78, 5) is 6.26. The SMILES string of the molecule is [2H]c1c([2H])c([2H])c2c(c1[2H])Cc1c([2H])c([2H])c(-c3c([2H])c([2H])c4[nH]c5c([2H])c([2H])c([2H])c([2H])c5c4c3[2H])c([2H])c1-2.c1ccc2c(c1)Cc1ccc(-c3ccc4[nH]c5ccccc5c4c3)cc1-2. The van der Waals surface area contributed by atoms with E-state index in [4.69, 9.17) is 19.2 Å². The summed E-state index contributed by atoms with van der Waals surface area (Å²) in [5.41, 5.74) is 10.1. The lowest BCUT2D eigenvalue weighted by molar-refractivity contribution is 1.26. The second-order valence-corrected chi connectivity index (χ2v) is 13.1. The Morgan fingerprint density at radius 1 is 0.365 bits per heavy atom. The summed E-state index contributed by atoms with van der Waals surface area (Å²) in [5.74, 6) is 0. The zero-order chi connectivity index (χ0) is 46.4. The lowest BCUT2D eigenvalue weighted by Crippen LogP contribution is -1.83. The number of aromatic amines is 2. The molecule has 0 aliphatic heterocycles. The van der Waals surface area contributed by atoms with Crippen molar-refractivity contribution in [2.75, 3.05) is 0 Å². The van der Waals surface area contributed by atoms with Gasteiger partial charge in [-0.1, -0.05) is 121 Å². The van der Waals surface area contributed by atoms with E-state index in [0.717, 1.165) is 6.42 Å². The maximum atomic E-state index is 9.05. The summed E-state index contributed by atoms with van der Waals surface area (Å²) in [6.07, 6.45) is 0.953. The number of fused-ring (bicyclic) bond motifs is 12. The van der Waals surface area contributed by atoms with E-state index in [1.54, 1.807) is 0 Å². The van der Waals surface area contributed by atoms with Crippen molar-refractivity contribution in [3.8, 4) is 44.5 Å². The smallest absolute Gasteiger partial charge is 0.0645 e. The highest BCUT2D eigenvalue weighted by Gasteiger charge is 2.20. The molecule has 0 radical (unpaired) electrons. The number of H-pyrrole nitrogens is 2. The predicted molar refractivity (Wildman–Crippen MR) is 219 cm³/mol. The van der Waals surface area contributed by atoms with E-state index in [9.17, 15) is 0 Å². The van der Waals surface area contributed by atoms with Crippen LogP contribution in [-0.4, -0.2) is 9.97 Å². The third kappa shape index (κ3) is 4.65. The molecule has 0 unspecified atom stereocenters. The molecule has 0 saturated carbocycles. The van der Waals surface area contributed by atoms with Crippen LogP contribution in [0, 0.1) is 0 Å². The fourth-order valence-electron chi connectivity index (χ4n) is 7.63. The molecule has 0 atom stereocenters. The molecule has 0 fully saturated rings. The fraction of sp³-hybridized carbons (Fsp3) is 0.0400. The zero-order valence-electron chi connectivity index (χ0n) is 41.5. The summed E-state index contributed by atoms with van der Waals surface area (Å²) in [6.45, 7) is 0. The highest BCUT2D eigenvalue weighted by molar-refractivity contribution is 6.09. The number of nitrogens with one attached hydrogen (secondary N) is 2. The number of benzene rings is 8. The minimum atomic E-state index is -0.561. The molecule has 2 heterocycles. The maximum Gasteiger partial charge on any atom is 0.0645 e. The van der Waals surface area contributed by atoms with Crippen molar-refractivity contribution >= 4 is 43.6 Å². The normalized spacial score (nSPS) is 16.2. The molecular weight excluding hydrogens is 629 g/mol. The summed E-state index contributed by atoms with van der Waals surface area (Å²) < 4.78 is 118. The van der Waals surface area contributed by atoms with E-state index >= 15 is 0 Å². The molecule has 10 aromatic rings. The van der Waals surface area contributed by atoms with Crippen LogP contribution < -0.4 is 0 Å². The molecule has 2 N–H and O–H groups in total. The Balaban J connectivity index is 0.000000159. The molecule has 0 amide bonds. The molecular formula is C50H34N2. The molecule has 2 aliphatic rings. The second-order valence-electron chi connectivity index (χ2n) is 13.1. The lowest BCUT2D eigenvalue weighted by Gasteiger charge is -2.07. The number of aromatic nitrogens is 2. The number of hydrogen-bond acceptors (Lipinski definition) is 0. The van der Waals surface area contributed by atoms with Gasteiger partial charge in [-0.2, -0.15) is 0 Å². The monoisotopic (exact) mass is 676 g/mol. The Hall–Kier alpha value is -6.64. The number of rotatable bonds is 2. The molecule has 2 aromatic heterocycles. The van der Waals surface area contributed by atoms with E-state index in [0.29, 0.717) is 0 Å². The van der Waals surface area contributed by atoms with Gasteiger partial charge in [0.05, 0.1) is 19.2 Å². The van der Waals surface area contributed by atoms with Crippen LogP contribution in [0.1, 0.15) is 41.4 Å². The summed E-state index contributed by atoms with van der Waals surface area (Å²) in [6, 6.07) is 24.4. The quantitative estimate of drug-likeness (QED) is 0.183. The van der Waals surface area contributed by atoms with E-state index in [1.165, 1.54) is 55.2 Å². The van der Waals surface area contributed by atoms with Crippen LogP contribution in [0.15, 0.2) is 170 Å². The highest BCUT2D eigenvalue weighted by atomic mass is 14.7. The van der Waals surface area contributed by atoms with Crippen LogP contribution in [0.25, 0.3) is 88.1 Å². The molecule has 2 nitrogen and oxygen atoms in total. The standard InChI is InChI=1S/2C25H17N/c2*1-2-6-20-18(5-1)13-19-10-9-16(14-22(19)20)17-11-12-25-23(15-17)21-7-3-4-8-24(21)26-25/h2*1-12,14-15,26H,13H2/i1D,2D,3D,4D,5D,6D,7D,8D,9D,10D,11D,12D,14D,15D;. The maximum absolute atomic E-state index is 9.05. The predicted octanol–water partition coefficient (Wildman–Crippen LogP) is 13.1. The molecule has 0 saturated heterocycles. The first-order valence-electron chi connectivity index (χ1n) is 24.0. The Labute approximate surface area is 321 Å². The van der Waals surface area contributed by atoms with Gasteiger partial charge < -0.3 is 9.97 Å². The van der Waals surface area contributed by atoms with Crippen LogP contribution in [0.2, 0.25) is 0 Å². The third-order valence-electron chi connectivity index (χ3n) is 10.1. The van der Waals surface area contributed by atoms with Crippen LogP contribution in [0.4, 0.5) is 0 Å². The zero-order valence-corrected chi connectivity index (χ0v) is 27.5. The van der Waals surface area contributed by atoms with Gasteiger partial charge in [-0.05, 0) is 128 Å².